The Morgan fingerprint density at radius 1 is 0.882 bits per heavy atom. The number of hydrogen-bond acceptors (Lipinski definition) is 3. The summed E-state index contributed by atoms with van der Waals surface area (Å²) < 4.78 is 20.9. The number of para-hydroxylation sites is 2. The van der Waals surface area contributed by atoms with E-state index in [2.05, 4.69) is 22.8 Å². The second-order valence-electron chi connectivity index (χ2n) is 7.83. The predicted molar refractivity (Wildman–Crippen MR) is 132 cm³/mol. The van der Waals surface area contributed by atoms with Gasteiger partial charge in [0.1, 0.15) is 17.4 Å². The molecule has 5 aromatic rings. The molecular formula is C29H21FN2O2. The average molecular weight is 448 g/mol. The fourth-order valence-corrected chi connectivity index (χ4v) is 3.82. The van der Waals surface area contributed by atoms with Crippen LogP contribution >= 0.6 is 0 Å². The summed E-state index contributed by atoms with van der Waals surface area (Å²) >= 11 is 0. The number of ether oxygens (including phenoxy) is 1. The van der Waals surface area contributed by atoms with Crippen LogP contribution in [0.1, 0.15) is 11.1 Å². The third kappa shape index (κ3) is 4.79. The van der Waals surface area contributed by atoms with Crippen molar-refractivity contribution < 1.29 is 13.9 Å². The third-order valence-electron chi connectivity index (χ3n) is 5.43. The van der Waals surface area contributed by atoms with Gasteiger partial charge < -0.3 is 9.30 Å². The lowest BCUT2D eigenvalue weighted by Gasteiger charge is -2.10. The first-order valence-electron chi connectivity index (χ1n) is 10.9. The van der Waals surface area contributed by atoms with Crippen LogP contribution in [0.4, 0.5) is 4.39 Å². The van der Waals surface area contributed by atoms with Gasteiger partial charge in [0.25, 0.3) is 0 Å². The number of benzene rings is 4. The maximum Gasteiger partial charge on any atom is 0.336 e. The molecule has 0 amide bonds. The Bertz CT molecular complexity index is 1470. The van der Waals surface area contributed by atoms with Crippen molar-refractivity contribution in [3.05, 3.63) is 126 Å². The van der Waals surface area contributed by atoms with E-state index in [-0.39, 0.29) is 5.82 Å². The van der Waals surface area contributed by atoms with E-state index in [1.54, 1.807) is 24.3 Å². The first kappa shape index (κ1) is 21.3. The summed E-state index contributed by atoms with van der Waals surface area (Å²) in [7, 11) is 0. The van der Waals surface area contributed by atoms with Crippen molar-refractivity contribution in [2.45, 2.75) is 6.54 Å². The second-order valence-corrected chi connectivity index (χ2v) is 7.83. The maximum absolute atomic E-state index is 13.3. The van der Waals surface area contributed by atoms with E-state index in [9.17, 15) is 9.18 Å². The Kier molecular flexibility index (Phi) is 5.99. The molecule has 0 saturated carbocycles. The molecule has 4 aromatic carbocycles. The van der Waals surface area contributed by atoms with Crippen LogP contribution in [0.3, 0.4) is 0 Å². The third-order valence-corrected chi connectivity index (χ3v) is 5.43. The predicted octanol–water partition coefficient (Wildman–Crippen LogP) is 6.51. The van der Waals surface area contributed by atoms with Crippen molar-refractivity contribution in [3.63, 3.8) is 0 Å². The van der Waals surface area contributed by atoms with Crippen molar-refractivity contribution in [2.24, 2.45) is 0 Å². The van der Waals surface area contributed by atoms with Crippen LogP contribution in [0.5, 0.6) is 5.75 Å². The fourth-order valence-electron chi connectivity index (χ4n) is 3.82. The Balaban J connectivity index is 1.37. The lowest BCUT2D eigenvalue weighted by atomic mass is 10.2. The molecule has 1 heterocycles. The molecule has 0 spiro atoms. The number of esters is 1. The zero-order chi connectivity index (χ0) is 23.3. The van der Waals surface area contributed by atoms with Crippen LogP contribution in [-0.4, -0.2) is 15.5 Å². The van der Waals surface area contributed by atoms with E-state index in [1.165, 1.54) is 29.8 Å². The van der Waals surface area contributed by atoms with Gasteiger partial charge in [0.2, 0.25) is 0 Å². The van der Waals surface area contributed by atoms with Gasteiger partial charge in [-0.2, -0.15) is 0 Å². The molecule has 0 aliphatic carbocycles. The normalized spacial score (nSPS) is 11.2. The number of nitrogens with zero attached hydrogens (tertiary/aromatic N) is 2. The zero-order valence-corrected chi connectivity index (χ0v) is 18.3. The summed E-state index contributed by atoms with van der Waals surface area (Å²) in [6.07, 6.45) is 2.80. The molecule has 0 atom stereocenters. The van der Waals surface area contributed by atoms with Gasteiger partial charge in [-0.1, -0.05) is 54.6 Å². The van der Waals surface area contributed by atoms with Crippen molar-refractivity contribution >= 4 is 23.1 Å². The highest BCUT2D eigenvalue weighted by Gasteiger charge is 2.13. The summed E-state index contributed by atoms with van der Waals surface area (Å²) in [6, 6.07) is 31.6. The van der Waals surface area contributed by atoms with Crippen LogP contribution in [0, 0.1) is 5.82 Å². The number of imidazole rings is 1. The number of rotatable bonds is 6. The molecule has 166 valence electrons. The molecule has 0 aliphatic heterocycles. The standard InChI is InChI=1S/C29H21FN2O2/c30-24-10-6-9-21(19-24)13-18-28(33)34-25-16-14-23(15-17-25)29-31-26-11-4-5-12-27(26)32(29)20-22-7-2-1-3-8-22/h1-19H,20H2/b18-13+. The number of halogens is 1. The zero-order valence-electron chi connectivity index (χ0n) is 18.3. The molecule has 0 unspecified atom stereocenters. The largest absolute Gasteiger partial charge is 0.423 e. The van der Waals surface area contributed by atoms with Crippen LogP contribution in [-0.2, 0) is 11.3 Å². The van der Waals surface area contributed by atoms with E-state index in [0.29, 0.717) is 17.9 Å². The summed E-state index contributed by atoms with van der Waals surface area (Å²) in [5.74, 6) is 0.370. The summed E-state index contributed by atoms with van der Waals surface area (Å²) in [4.78, 5) is 17.0. The molecule has 0 saturated heterocycles. The van der Waals surface area contributed by atoms with Gasteiger partial charge in [-0.3, -0.25) is 0 Å². The molecule has 0 N–H and O–H groups in total. The molecular weight excluding hydrogens is 427 g/mol. The molecule has 4 nitrogen and oxygen atoms in total. The first-order chi connectivity index (χ1) is 16.7. The summed E-state index contributed by atoms with van der Waals surface area (Å²) in [5, 5.41) is 0. The highest BCUT2D eigenvalue weighted by molar-refractivity contribution is 5.88. The lowest BCUT2D eigenvalue weighted by molar-refractivity contribution is -0.128. The Morgan fingerprint density at radius 2 is 1.65 bits per heavy atom. The SMILES string of the molecule is O=C(/C=C/c1cccc(F)c1)Oc1ccc(-c2nc3ccccc3n2Cc2ccccc2)cc1. The molecule has 5 heteroatoms. The minimum absolute atomic E-state index is 0.357. The van der Waals surface area contributed by atoms with E-state index < -0.39 is 5.97 Å². The number of carbonyl (C=O) groups is 1. The summed E-state index contributed by atoms with van der Waals surface area (Å²) in [6.45, 7) is 0.693. The lowest BCUT2D eigenvalue weighted by Crippen LogP contribution is -2.04. The maximum atomic E-state index is 13.3. The van der Waals surface area contributed by atoms with E-state index >= 15 is 0 Å². The molecule has 0 bridgehead atoms. The molecule has 1 aromatic heterocycles. The van der Waals surface area contributed by atoms with Gasteiger partial charge in [-0.25, -0.2) is 14.2 Å². The smallest absolute Gasteiger partial charge is 0.336 e. The Labute approximate surface area is 196 Å². The van der Waals surface area contributed by atoms with Gasteiger partial charge in [-0.15, -0.1) is 0 Å². The van der Waals surface area contributed by atoms with E-state index in [4.69, 9.17) is 9.72 Å². The Morgan fingerprint density at radius 3 is 2.44 bits per heavy atom. The highest BCUT2D eigenvalue weighted by Crippen LogP contribution is 2.27. The van der Waals surface area contributed by atoms with Gasteiger partial charge >= 0.3 is 5.97 Å². The summed E-state index contributed by atoms with van der Waals surface area (Å²) in [5.41, 5.74) is 4.67. The fraction of sp³-hybridized carbons (Fsp3) is 0.0345. The van der Waals surface area contributed by atoms with Crippen LogP contribution in [0.2, 0.25) is 0 Å². The molecule has 0 fully saturated rings. The van der Waals surface area contributed by atoms with Crippen LogP contribution in [0.25, 0.3) is 28.5 Å². The first-order valence-corrected chi connectivity index (χ1v) is 10.9. The van der Waals surface area contributed by atoms with Gasteiger partial charge in [-0.05, 0) is 65.7 Å². The second kappa shape index (κ2) is 9.55. The van der Waals surface area contributed by atoms with E-state index in [1.807, 2.05) is 48.5 Å². The molecule has 0 radical (unpaired) electrons. The molecule has 0 aliphatic rings. The quantitative estimate of drug-likeness (QED) is 0.169. The minimum atomic E-state index is -0.534. The van der Waals surface area contributed by atoms with Crippen LogP contribution < -0.4 is 4.74 Å². The van der Waals surface area contributed by atoms with Gasteiger partial charge in [0.15, 0.2) is 0 Å². The number of aromatic nitrogens is 2. The van der Waals surface area contributed by atoms with E-state index in [0.717, 1.165) is 22.4 Å². The number of carbonyl (C=O) groups excluding carboxylic acids is 1. The monoisotopic (exact) mass is 448 g/mol. The highest BCUT2D eigenvalue weighted by atomic mass is 19.1. The van der Waals surface area contributed by atoms with Crippen molar-refractivity contribution in [3.8, 4) is 17.1 Å². The van der Waals surface area contributed by atoms with Gasteiger partial charge in [0.05, 0.1) is 11.0 Å². The van der Waals surface area contributed by atoms with Crippen molar-refractivity contribution in [1.29, 1.82) is 0 Å². The van der Waals surface area contributed by atoms with Gasteiger partial charge in [0, 0.05) is 18.2 Å². The molecule has 34 heavy (non-hydrogen) atoms. The average Bonchev–Trinajstić information content (AvgIpc) is 3.22. The Hall–Kier alpha value is -4.51. The topological polar surface area (TPSA) is 44.1 Å². The van der Waals surface area contributed by atoms with Crippen molar-refractivity contribution in [2.75, 3.05) is 0 Å². The number of hydrogen-bond donors (Lipinski definition) is 0. The number of fused-ring (bicyclic) bond motifs is 1. The van der Waals surface area contributed by atoms with Crippen molar-refractivity contribution in [1.82, 2.24) is 9.55 Å². The van der Waals surface area contributed by atoms with Crippen LogP contribution in [0.15, 0.2) is 109 Å². The molecule has 5 rings (SSSR count). The minimum Gasteiger partial charge on any atom is -0.423 e.